The first-order valence-electron chi connectivity index (χ1n) is 15.4. The van der Waals surface area contributed by atoms with Crippen molar-refractivity contribution < 1.29 is 24.0 Å². The monoisotopic (exact) mass is 619 g/mol. The van der Waals surface area contributed by atoms with Gasteiger partial charge in [0.1, 0.15) is 5.92 Å². The number of nitrogens with one attached hydrogen (secondary N) is 3. The summed E-state index contributed by atoms with van der Waals surface area (Å²) in [4.78, 5) is 57.8. The number of hydrogen-bond acceptors (Lipinski definition) is 8. The molecule has 3 amide bonds. The van der Waals surface area contributed by atoms with E-state index in [0.717, 1.165) is 35.1 Å². The van der Waals surface area contributed by atoms with Gasteiger partial charge in [-0.1, -0.05) is 75.7 Å². The van der Waals surface area contributed by atoms with Gasteiger partial charge in [0, 0.05) is 31.6 Å². The van der Waals surface area contributed by atoms with Crippen LogP contribution in [0.2, 0.25) is 0 Å². The van der Waals surface area contributed by atoms with Gasteiger partial charge in [0.15, 0.2) is 0 Å². The molecule has 0 aliphatic heterocycles. The predicted octanol–water partition coefficient (Wildman–Crippen LogP) is 4.45. The quantitative estimate of drug-likeness (QED) is 0.176. The van der Waals surface area contributed by atoms with Crippen LogP contribution in [0.1, 0.15) is 72.8 Å². The summed E-state index contributed by atoms with van der Waals surface area (Å²) in [6, 6.07) is 15.7. The SMILES string of the molecule is CCCCC(=O)N(CCNC(=O)C(CC(C)C)C(=O)NOC(=O)C(C)(C)C)Cc1ccc(-c2ccccc2-c2nn[nH]n2)cc1. The van der Waals surface area contributed by atoms with E-state index in [1.165, 1.54) is 0 Å². The Morgan fingerprint density at radius 3 is 2.27 bits per heavy atom. The van der Waals surface area contributed by atoms with Crippen molar-refractivity contribution in [1.82, 2.24) is 36.3 Å². The van der Waals surface area contributed by atoms with Gasteiger partial charge < -0.3 is 15.1 Å². The van der Waals surface area contributed by atoms with Gasteiger partial charge in [-0.05, 0) is 61.4 Å². The number of amides is 3. The summed E-state index contributed by atoms with van der Waals surface area (Å²) in [6.45, 7) is 11.6. The molecular weight excluding hydrogens is 574 g/mol. The number of benzene rings is 2. The molecule has 0 spiro atoms. The highest BCUT2D eigenvalue weighted by Crippen LogP contribution is 2.30. The number of nitrogens with zero attached hydrogens (tertiary/aromatic N) is 4. The van der Waals surface area contributed by atoms with Crippen molar-refractivity contribution in [2.75, 3.05) is 13.1 Å². The highest BCUT2D eigenvalue weighted by Gasteiger charge is 2.30. The minimum atomic E-state index is -1.05. The van der Waals surface area contributed by atoms with Gasteiger partial charge >= 0.3 is 5.97 Å². The van der Waals surface area contributed by atoms with E-state index in [1.54, 1.807) is 25.7 Å². The van der Waals surface area contributed by atoms with E-state index in [2.05, 4.69) is 31.4 Å². The van der Waals surface area contributed by atoms with Crippen LogP contribution >= 0.6 is 0 Å². The number of unbranched alkanes of at least 4 members (excludes halogenated alkanes) is 1. The first-order valence-corrected chi connectivity index (χ1v) is 15.4. The molecule has 45 heavy (non-hydrogen) atoms. The fourth-order valence-corrected chi connectivity index (χ4v) is 4.56. The van der Waals surface area contributed by atoms with Crippen molar-refractivity contribution in [2.24, 2.45) is 17.3 Å². The Hall–Kier alpha value is -4.61. The third-order valence-electron chi connectivity index (χ3n) is 7.13. The average Bonchev–Trinajstić information content (AvgIpc) is 3.55. The van der Waals surface area contributed by atoms with Crippen LogP contribution in [0.4, 0.5) is 0 Å². The van der Waals surface area contributed by atoms with Crippen LogP contribution in [0, 0.1) is 17.3 Å². The Morgan fingerprint density at radius 2 is 1.67 bits per heavy atom. The van der Waals surface area contributed by atoms with Crippen LogP contribution < -0.4 is 10.8 Å². The van der Waals surface area contributed by atoms with Crippen molar-refractivity contribution in [3.8, 4) is 22.5 Å². The summed E-state index contributed by atoms with van der Waals surface area (Å²) >= 11 is 0. The molecule has 0 fully saturated rings. The van der Waals surface area contributed by atoms with E-state index < -0.39 is 29.1 Å². The number of carbonyl (C=O) groups is 4. The Labute approximate surface area is 264 Å². The fourth-order valence-electron chi connectivity index (χ4n) is 4.56. The molecule has 0 aliphatic rings. The second-order valence-electron chi connectivity index (χ2n) is 12.5. The van der Waals surface area contributed by atoms with Gasteiger partial charge in [0.25, 0.3) is 5.91 Å². The molecule has 242 valence electrons. The number of aromatic nitrogens is 4. The van der Waals surface area contributed by atoms with Gasteiger partial charge in [-0.2, -0.15) is 10.7 Å². The molecule has 12 heteroatoms. The van der Waals surface area contributed by atoms with Crippen LogP contribution in [0.25, 0.3) is 22.5 Å². The van der Waals surface area contributed by atoms with Crippen molar-refractivity contribution in [3.05, 3.63) is 54.1 Å². The molecule has 3 N–H and O–H groups in total. The molecule has 3 aromatic rings. The maximum atomic E-state index is 13.1. The maximum absolute atomic E-state index is 13.1. The van der Waals surface area contributed by atoms with Gasteiger partial charge in [-0.25, -0.2) is 4.79 Å². The molecule has 0 bridgehead atoms. The summed E-state index contributed by atoms with van der Waals surface area (Å²) in [7, 11) is 0. The molecule has 12 nitrogen and oxygen atoms in total. The third kappa shape index (κ3) is 10.5. The van der Waals surface area contributed by atoms with Gasteiger partial charge in [0.05, 0.1) is 5.41 Å². The Morgan fingerprint density at radius 1 is 0.978 bits per heavy atom. The Kier molecular flexibility index (Phi) is 12.8. The third-order valence-corrected chi connectivity index (χ3v) is 7.13. The predicted molar refractivity (Wildman–Crippen MR) is 170 cm³/mol. The lowest BCUT2D eigenvalue weighted by atomic mass is 9.95. The highest BCUT2D eigenvalue weighted by molar-refractivity contribution is 6.00. The van der Waals surface area contributed by atoms with Crippen molar-refractivity contribution >= 4 is 23.7 Å². The Bertz CT molecular complexity index is 1420. The molecule has 0 aliphatic carbocycles. The second kappa shape index (κ2) is 16.5. The van der Waals surface area contributed by atoms with Crippen LogP contribution in [0.5, 0.6) is 0 Å². The molecule has 0 saturated carbocycles. The zero-order valence-corrected chi connectivity index (χ0v) is 27.1. The lowest BCUT2D eigenvalue weighted by Crippen LogP contribution is -2.45. The van der Waals surface area contributed by atoms with E-state index in [9.17, 15) is 19.2 Å². The van der Waals surface area contributed by atoms with E-state index in [1.807, 2.05) is 69.3 Å². The molecule has 3 rings (SSSR count). The van der Waals surface area contributed by atoms with E-state index in [-0.39, 0.29) is 31.3 Å². The summed E-state index contributed by atoms with van der Waals surface area (Å²) in [6.07, 6.45) is 2.32. The van der Waals surface area contributed by atoms with Crippen LogP contribution in [-0.4, -0.2) is 62.3 Å². The average molecular weight is 620 g/mol. The molecule has 1 atom stereocenters. The molecular formula is C33H45N7O5. The summed E-state index contributed by atoms with van der Waals surface area (Å²) in [5, 5.41) is 17.2. The number of rotatable bonds is 14. The largest absolute Gasteiger partial charge is 0.354 e. The van der Waals surface area contributed by atoms with Crippen LogP contribution in [0.15, 0.2) is 48.5 Å². The molecule has 2 aromatic carbocycles. The number of carbonyl (C=O) groups excluding carboxylic acids is 4. The second-order valence-corrected chi connectivity index (χ2v) is 12.5. The van der Waals surface area contributed by atoms with Gasteiger partial charge in [-0.3, -0.25) is 14.4 Å². The normalized spacial score (nSPS) is 12.0. The fraction of sp³-hybridized carbons (Fsp3) is 0.485. The molecule has 1 heterocycles. The molecule has 0 saturated heterocycles. The van der Waals surface area contributed by atoms with Crippen molar-refractivity contribution in [1.29, 1.82) is 0 Å². The lowest BCUT2D eigenvalue weighted by Gasteiger charge is -2.24. The minimum absolute atomic E-state index is 0.0109. The van der Waals surface area contributed by atoms with Crippen molar-refractivity contribution in [2.45, 2.75) is 73.8 Å². The van der Waals surface area contributed by atoms with E-state index in [4.69, 9.17) is 4.84 Å². The van der Waals surface area contributed by atoms with E-state index >= 15 is 0 Å². The van der Waals surface area contributed by atoms with Gasteiger partial charge in [-0.15, -0.1) is 10.2 Å². The molecule has 1 aromatic heterocycles. The van der Waals surface area contributed by atoms with Crippen LogP contribution in [-0.2, 0) is 30.6 Å². The number of hydrogen-bond donors (Lipinski definition) is 3. The first kappa shape index (κ1) is 34.9. The number of tetrazole rings is 1. The van der Waals surface area contributed by atoms with Crippen LogP contribution in [0.3, 0.4) is 0 Å². The standard InChI is InChI=1S/C33H45N7O5/c1-7-8-13-28(41)40(19-18-34-30(42)27(20-22(2)3)31(43)37-45-32(44)33(4,5)6)21-23-14-16-24(17-15-23)25-11-9-10-12-26(25)29-35-38-39-36-29/h9-12,14-17,22,27H,7-8,13,18-21H2,1-6H3,(H,34,42)(H,37,43)(H,35,36,38,39). The summed E-state index contributed by atoms with van der Waals surface area (Å²) in [5.74, 6) is -2.30. The highest BCUT2D eigenvalue weighted by atomic mass is 16.7. The lowest BCUT2D eigenvalue weighted by molar-refractivity contribution is -0.168. The zero-order chi connectivity index (χ0) is 33.0. The number of H-pyrrole nitrogens is 1. The first-order chi connectivity index (χ1) is 21.4. The number of aromatic amines is 1. The van der Waals surface area contributed by atoms with Crippen molar-refractivity contribution in [3.63, 3.8) is 0 Å². The van der Waals surface area contributed by atoms with E-state index in [0.29, 0.717) is 18.8 Å². The summed E-state index contributed by atoms with van der Waals surface area (Å²) < 4.78 is 0. The van der Waals surface area contributed by atoms with Gasteiger partial charge in [0.2, 0.25) is 17.6 Å². The molecule has 1 unspecified atom stereocenters. The zero-order valence-electron chi connectivity index (χ0n) is 27.1. The maximum Gasteiger partial charge on any atom is 0.337 e. The molecule has 0 radical (unpaired) electrons. The topological polar surface area (TPSA) is 159 Å². The smallest absolute Gasteiger partial charge is 0.337 e. The Balaban J connectivity index is 1.67. The summed E-state index contributed by atoms with van der Waals surface area (Å²) in [5.41, 5.74) is 5.05. The minimum Gasteiger partial charge on any atom is -0.354 e. The number of hydroxylamine groups is 1.